The van der Waals surface area contributed by atoms with E-state index in [0.717, 1.165) is 0 Å². The van der Waals surface area contributed by atoms with Crippen LogP contribution in [0.1, 0.15) is 24.2 Å². The first-order valence-electron chi connectivity index (χ1n) is 6.78. The lowest BCUT2D eigenvalue weighted by Crippen LogP contribution is -2.15. The molecule has 1 aromatic carbocycles. The second kappa shape index (κ2) is 7.26. The Kier molecular flexibility index (Phi) is 5.38. The zero-order valence-corrected chi connectivity index (χ0v) is 14.2. The van der Waals surface area contributed by atoms with Crippen molar-refractivity contribution in [2.75, 3.05) is 12.4 Å². The number of methoxy groups -OCH3 is 1. The second-order valence-electron chi connectivity index (χ2n) is 4.82. The molecule has 0 fully saturated rings. The largest absolute Gasteiger partial charge is 0.496 e. The van der Waals surface area contributed by atoms with Crippen LogP contribution in [0, 0.1) is 0 Å². The van der Waals surface area contributed by atoms with Crippen molar-refractivity contribution in [3.8, 4) is 11.5 Å². The Bertz CT molecular complexity index is 674. The van der Waals surface area contributed by atoms with E-state index in [2.05, 4.69) is 26.2 Å². The molecule has 1 heterocycles. The Morgan fingerprint density at radius 2 is 2.05 bits per heavy atom. The van der Waals surface area contributed by atoms with Crippen LogP contribution in [0.4, 0.5) is 5.82 Å². The molecule has 2 rings (SSSR count). The van der Waals surface area contributed by atoms with Crippen LogP contribution in [0.5, 0.6) is 11.5 Å². The van der Waals surface area contributed by atoms with Gasteiger partial charge in [-0.15, -0.1) is 0 Å². The molecule has 0 spiro atoms. The van der Waals surface area contributed by atoms with E-state index in [-0.39, 0.29) is 12.0 Å². The van der Waals surface area contributed by atoms with Gasteiger partial charge in [0.1, 0.15) is 5.75 Å². The fraction of sp³-hybridized carbons (Fsp3) is 0.250. The maximum Gasteiger partial charge on any atom is 0.256 e. The molecular weight excluding hydrogens is 348 g/mol. The van der Waals surface area contributed by atoms with Crippen LogP contribution in [0.15, 0.2) is 41.0 Å². The molecule has 1 N–H and O–H groups in total. The molecule has 0 aliphatic rings. The summed E-state index contributed by atoms with van der Waals surface area (Å²) in [5.74, 6) is 1.33. The summed E-state index contributed by atoms with van der Waals surface area (Å²) in [5, 5.41) is 2.76. The Morgan fingerprint density at radius 1 is 1.27 bits per heavy atom. The van der Waals surface area contributed by atoms with E-state index in [0.29, 0.717) is 27.4 Å². The van der Waals surface area contributed by atoms with Gasteiger partial charge in [0.15, 0.2) is 11.6 Å². The highest BCUT2D eigenvalue weighted by Gasteiger charge is 2.13. The molecule has 0 aliphatic carbocycles. The lowest BCUT2D eigenvalue weighted by molar-refractivity contribution is 0.102. The molecule has 0 bridgehead atoms. The number of rotatable bonds is 5. The Labute approximate surface area is 137 Å². The van der Waals surface area contributed by atoms with Crippen LogP contribution in [-0.4, -0.2) is 24.1 Å². The van der Waals surface area contributed by atoms with Crippen molar-refractivity contribution in [3.05, 3.63) is 46.6 Å². The molecule has 1 aromatic heterocycles. The molecule has 0 saturated heterocycles. The summed E-state index contributed by atoms with van der Waals surface area (Å²) in [6, 6.07) is 8.64. The average molecular weight is 365 g/mol. The Hall–Kier alpha value is -2.08. The van der Waals surface area contributed by atoms with Crippen LogP contribution in [0.25, 0.3) is 0 Å². The first kappa shape index (κ1) is 16.3. The van der Waals surface area contributed by atoms with Crippen LogP contribution in [-0.2, 0) is 0 Å². The number of anilines is 1. The topological polar surface area (TPSA) is 60.5 Å². The van der Waals surface area contributed by atoms with E-state index in [1.54, 1.807) is 43.6 Å². The number of aromatic nitrogens is 1. The summed E-state index contributed by atoms with van der Waals surface area (Å²) in [6.07, 6.45) is 1.60. The van der Waals surface area contributed by atoms with Gasteiger partial charge in [0.2, 0.25) is 0 Å². The Morgan fingerprint density at radius 3 is 2.68 bits per heavy atom. The van der Waals surface area contributed by atoms with E-state index >= 15 is 0 Å². The number of nitrogens with one attached hydrogen (secondary N) is 1. The third kappa shape index (κ3) is 3.98. The molecule has 0 aliphatic heterocycles. The normalized spacial score (nSPS) is 10.4. The van der Waals surface area contributed by atoms with Gasteiger partial charge in [-0.3, -0.25) is 4.79 Å². The number of hydrogen-bond acceptors (Lipinski definition) is 4. The fourth-order valence-electron chi connectivity index (χ4n) is 1.82. The highest BCUT2D eigenvalue weighted by molar-refractivity contribution is 9.10. The quantitative estimate of drug-likeness (QED) is 0.873. The predicted octanol–water partition coefficient (Wildman–Crippen LogP) is 3.89. The van der Waals surface area contributed by atoms with Crippen LogP contribution < -0.4 is 14.8 Å². The third-order valence-electron chi connectivity index (χ3n) is 2.78. The molecule has 116 valence electrons. The molecule has 6 heteroatoms. The highest BCUT2D eigenvalue weighted by Crippen LogP contribution is 2.27. The van der Waals surface area contributed by atoms with Crippen molar-refractivity contribution in [3.63, 3.8) is 0 Å². The minimum Gasteiger partial charge on any atom is -0.496 e. The lowest BCUT2D eigenvalue weighted by atomic mass is 10.2. The Balaban J connectivity index is 2.20. The standard InChI is InChI=1S/C16H17BrN2O3/c1-10(2)22-14-5-4-8-18-15(14)19-16(20)11-6-7-13(21-3)12(17)9-11/h4-10H,1-3H3,(H,18,19,20). The second-order valence-corrected chi connectivity index (χ2v) is 5.67. The van der Waals surface area contributed by atoms with Crippen LogP contribution >= 0.6 is 15.9 Å². The zero-order chi connectivity index (χ0) is 16.1. The van der Waals surface area contributed by atoms with E-state index in [9.17, 15) is 4.79 Å². The van der Waals surface area contributed by atoms with E-state index < -0.39 is 0 Å². The number of hydrogen-bond donors (Lipinski definition) is 1. The lowest BCUT2D eigenvalue weighted by Gasteiger charge is -2.14. The maximum atomic E-state index is 12.3. The van der Waals surface area contributed by atoms with Gasteiger partial charge in [-0.05, 0) is 60.1 Å². The SMILES string of the molecule is COc1ccc(C(=O)Nc2ncccc2OC(C)C)cc1Br. The number of carbonyl (C=O) groups excluding carboxylic acids is 1. The number of nitrogens with zero attached hydrogens (tertiary/aromatic N) is 1. The number of amides is 1. The molecule has 5 nitrogen and oxygen atoms in total. The van der Waals surface area contributed by atoms with Gasteiger partial charge >= 0.3 is 0 Å². The minimum absolute atomic E-state index is 0.00465. The van der Waals surface area contributed by atoms with Gasteiger partial charge in [0.25, 0.3) is 5.91 Å². The number of halogens is 1. The summed E-state index contributed by atoms with van der Waals surface area (Å²) < 4.78 is 11.5. The average Bonchev–Trinajstić information content (AvgIpc) is 2.48. The number of carbonyl (C=O) groups is 1. The number of ether oxygens (including phenoxy) is 2. The first-order valence-corrected chi connectivity index (χ1v) is 7.57. The molecule has 0 unspecified atom stereocenters. The van der Waals surface area contributed by atoms with Crippen molar-refractivity contribution >= 4 is 27.7 Å². The summed E-state index contributed by atoms with van der Waals surface area (Å²) in [4.78, 5) is 16.5. The first-order chi connectivity index (χ1) is 10.5. The van der Waals surface area contributed by atoms with Gasteiger partial charge in [0.05, 0.1) is 17.7 Å². The maximum absolute atomic E-state index is 12.3. The number of benzene rings is 1. The van der Waals surface area contributed by atoms with Crippen molar-refractivity contribution < 1.29 is 14.3 Å². The molecule has 1 amide bonds. The summed E-state index contributed by atoms with van der Waals surface area (Å²) in [7, 11) is 1.57. The van der Waals surface area contributed by atoms with Crippen molar-refractivity contribution in [2.45, 2.75) is 20.0 Å². The summed E-state index contributed by atoms with van der Waals surface area (Å²) >= 11 is 3.36. The molecule has 0 saturated carbocycles. The van der Waals surface area contributed by atoms with Crippen molar-refractivity contribution in [2.24, 2.45) is 0 Å². The van der Waals surface area contributed by atoms with Crippen molar-refractivity contribution in [1.82, 2.24) is 4.98 Å². The summed E-state index contributed by atoms with van der Waals surface area (Å²) in [5.41, 5.74) is 0.494. The van der Waals surface area contributed by atoms with Gasteiger partial charge in [0, 0.05) is 11.8 Å². The third-order valence-corrected chi connectivity index (χ3v) is 3.40. The molecule has 22 heavy (non-hydrogen) atoms. The van der Waals surface area contributed by atoms with Gasteiger partial charge < -0.3 is 14.8 Å². The van der Waals surface area contributed by atoms with Crippen LogP contribution in [0.2, 0.25) is 0 Å². The van der Waals surface area contributed by atoms with Gasteiger partial charge in [-0.25, -0.2) is 4.98 Å². The monoisotopic (exact) mass is 364 g/mol. The predicted molar refractivity (Wildman–Crippen MR) is 88.6 cm³/mol. The van der Waals surface area contributed by atoms with Crippen LogP contribution in [0.3, 0.4) is 0 Å². The van der Waals surface area contributed by atoms with Crippen molar-refractivity contribution in [1.29, 1.82) is 0 Å². The highest BCUT2D eigenvalue weighted by atomic mass is 79.9. The summed E-state index contributed by atoms with van der Waals surface area (Å²) in [6.45, 7) is 3.83. The fourth-order valence-corrected chi connectivity index (χ4v) is 2.36. The van der Waals surface area contributed by atoms with E-state index in [4.69, 9.17) is 9.47 Å². The number of pyridine rings is 1. The van der Waals surface area contributed by atoms with Gasteiger partial charge in [-0.2, -0.15) is 0 Å². The smallest absolute Gasteiger partial charge is 0.256 e. The molecular formula is C16H17BrN2O3. The van der Waals surface area contributed by atoms with E-state index in [1.807, 2.05) is 13.8 Å². The van der Waals surface area contributed by atoms with Gasteiger partial charge in [-0.1, -0.05) is 0 Å². The molecule has 2 aromatic rings. The molecule has 0 radical (unpaired) electrons. The minimum atomic E-state index is -0.268. The van der Waals surface area contributed by atoms with E-state index in [1.165, 1.54) is 0 Å². The molecule has 0 atom stereocenters. The zero-order valence-electron chi connectivity index (χ0n) is 12.6.